The first kappa shape index (κ1) is 23.0. The highest BCUT2D eigenvalue weighted by Crippen LogP contribution is 2.40. The molecular weight excluding hydrogens is 364 g/mol. The van der Waals surface area contributed by atoms with Crippen LogP contribution in [0, 0.1) is 5.92 Å². The monoisotopic (exact) mass is 400 g/mol. The number of H-pyrrole nitrogens is 1. The highest BCUT2D eigenvalue weighted by atomic mass is 16.5. The SMILES string of the molecule is COc1nc(CC(C)C)c(=O)[nH]c1Cc1cc(C(C)(C)C)c(O)c(C(C)(C)C)c1. The van der Waals surface area contributed by atoms with Gasteiger partial charge in [0.1, 0.15) is 11.4 Å². The third-order valence-electron chi connectivity index (χ3n) is 4.98. The van der Waals surface area contributed by atoms with E-state index in [9.17, 15) is 9.90 Å². The van der Waals surface area contributed by atoms with Gasteiger partial charge in [0.05, 0.1) is 12.8 Å². The molecule has 2 aromatic rings. The van der Waals surface area contributed by atoms with Gasteiger partial charge in [-0.1, -0.05) is 67.5 Å². The van der Waals surface area contributed by atoms with Crippen LogP contribution in [-0.2, 0) is 23.7 Å². The maximum absolute atomic E-state index is 12.5. The molecule has 0 aliphatic heterocycles. The summed E-state index contributed by atoms with van der Waals surface area (Å²) >= 11 is 0. The molecule has 0 fully saturated rings. The van der Waals surface area contributed by atoms with E-state index in [-0.39, 0.29) is 16.4 Å². The number of aromatic hydroxyl groups is 1. The number of phenols is 1. The first-order valence-corrected chi connectivity index (χ1v) is 10.3. The second kappa shape index (κ2) is 8.21. The summed E-state index contributed by atoms with van der Waals surface area (Å²) in [6.45, 7) is 16.6. The number of rotatable bonds is 5. The highest BCUT2D eigenvalue weighted by molar-refractivity contribution is 5.50. The molecule has 1 aromatic carbocycles. The normalized spacial score (nSPS) is 12.5. The molecule has 0 unspecified atom stereocenters. The lowest BCUT2D eigenvalue weighted by Crippen LogP contribution is -2.21. The maximum atomic E-state index is 12.5. The molecule has 1 heterocycles. The van der Waals surface area contributed by atoms with Crippen molar-refractivity contribution in [1.29, 1.82) is 0 Å². The van der Waals surface area contributed by atoms with Gasteiger partial charge in [-0.25, -0.2) is 4.98 Å². The molecule has 5 nitrogen and oxygen atoms in total. The van der Waals surface area contributed by atoms with E-state index >= 15 is 0 Å². The lowest BCUT2D eigenvalue weighted by molar-refractivity contribution is 0.386. The molecule has 0 amide bonds. The molecule has 0 aliphatic rings. The number of aromatic amines is 1. The van der Waals surface area contributed by atoms with Crippen LogP contribution in [0.25, 0.3) is 0 Å². The van der Waals surface area contributed by atoms with Crippen LogP contribution in [-0.4, -0.2) is 22.2 Å². The Morgan fingerprint density at radius 3 is 2.00 bits per heavy atom. The van der Waals surface area contributed by atoms with Crippen molar-refractivity contribution in [3.8, 4) is 11.6 Å². The zero-order valence-electron chi connectivity index (χ0n) is 19.4. The Bertz CT molecular complexity index is 894. The van der Waals surface area contributed by atoms with E-state index in [1.54, 1.807) is 7.11 Å². The molecule has 0 bridgehead atoms. The van der Waals surface area contributed by atoms with E-state index in [4.69, 9.17) is 4.74 Å². The average Bonchev–Trinajstić information content (AvgIpc) is 2.56. The summed E-state index contributed by atoms with van der Waals surface area (Å²) in [7, 11) is 1.57. The van der Waals surface area contributed by atoms with Gasteiger partial charge in [-0.3, -0.25) is 4.79 Å². The van der Waals surface area contributed by atoms with Gasteiger partial charge in [-0.2, -0.15) is 0 Å². The fourth-order valence-corrected chi connectivity index (χ4v) is 3.46. The van der Waals surface area contributed by atoms with Gasteiger partial charge in [-0.15, -0.1) is 0 Å². The molecule has 2 rings (SSSR count). The van der Waals surface area contributed by atoms with Crippen molar-refractivity contribution in [2.45, 2.75) is 79.1 Å². The number of hydrogen-bond acceptors (Lipinski definition) is 4. The van der Waals surface area contributed by atoms with Gasteiger partial charge in [-0.05, 0) is 39.9 Å². The first-order valence-electron chi connectivity index (χ1n) is 10.3. The number of hydrogen-bond donors (Lipinski definition) is 2. The van der Waals surface area contributed by atoms with E-state index in [1.807, 2.05) is 12.1 Å². The molecule has 0 atom stereocenters. The Labute approximate surface area is 174 Å². The van der Waals surface area contributed by atoms with Gasteiger partial charge in [0, 0.05) is 6.42 Å². The maximum Gasteiger partial charge on any atom is 0.270 e. The molecule has 0 saturated carbocycles. The van der Waals surface area contributed by atoms with E-state index in [1.165, 1.54) is 0 Å². The number of benzene rings is 1. The number of methoxy groups -OCH3 is 1. The number of nitrogens with one attached hydrogen (secondary N) is 1. The quantitative estimate of drug-likeness (QED) is 0.751. The van der Waals surface area contributed by atoms with Crippen molar-refractivity contribution in [2.75, 3.05) is 7.11 Å². The Hall–Kier alpha value is -2.30. The van der Waals surface area contributed by atoms with Crippen LogP contribution in [0.5, 0.6) is 11.6 Å². The third kappa shape index (κ3) is 5.40. The Morgan fingerprint density at radius 1 is 1.07 bits per heavy atom. The first-order chi connectivity index (χ1) is 13.2. The standard InChI is InChI=1S/C24H36N2O3/c1-14(2)10-18-21(28)25-19(22(26-18)29-9)13-15-11-16(23(3,4)5)20(27)17(12-15)24(6,7)8/h11-12,14,27H,10,13H2,1-9H3,(H,25,28). The number of aromatic nitrogens is 2. The Morgan fingerprint density at radius 2 is 1.59 bits per heavy atom. The summed E-state index contributed by atoms with van der Waals surface area (Å²) in [5.41, 5.74) is 3.35. The lowest BCUT2D eigenvalue weighted by Gasteiger charge is -2.28. The third-order valence-corrected chi connectivity index (χ3v) is 4.98. The minimum Gasteiger partial charge on any atom is -0.507 e. The molecular formula is C24H36N2O3. The fraction of sp³-hybridized carbons (Fsp3) is 0.583. The molecule has 5 heteroatoms. The van der Waals surface area contributed by atoms with Crippen LogP contribution in [0.15, 0.2) is 16.9 Å². The minimum absolute atomic E-state index is 0.166. The summed E-state index contributed by atoms with van der Waals surface area (Å²) in [6.07, 6.45) is 1.08. The number of ether oxygens (including phenoxy) is 1. The van der Waals surface area contributed by atoms with Crippen LogP contribution in [0.1, 0.15) is 83.5 Å². The van der Waals surface area contributed by atoms with Gasteiger partial charge in [0.2, 0.25) is 5.88 Å². The number of nitrogens with zero attached hydrogens (tertiary/aromatic N) is 1. The van der Waals surface area contributed by atoms with Gasteiger partial charge in [0.15, 0.2) is 0 Å². The molecule has 1 aromatic heterocycles. The van der Waals surface area contributed by atoms with Crippen molar-refractivity contribution < 1.29 is 9.84 Å². The lowest BCUT2D eigenvalue weighted by atomic mass is 9.78. The Kier molecular flexibility index (Phi) is 6.51. The predicted molar refractivity (Wildman–Crippen MR) is 118 cm³/mol. The van der Waals surface area contributed by atoms with Gasteiger partial charge in [0.25, 0.3) is 5.56 Å². The topological polar surface area (TPSA) is 75.2 Å². The molecule has 2 N–H and O–H groups in total. The van der Waals surface area contributed by atoms with E-state index in [2.05, 4.69) is 65.4 Å². The van der Waals surface area contributed by atoms with E-state index in [0.717, 1.165) is 16.7 Å². The van der Waals surface area contributed by atoms with E-state index < -0.39 is 0 Å². The van der Waals surface area contributed by atoms with Crippen LogP contribution in [0.4, 0.5) is 0 Å². The molecule has 0 saturated heterocycles. The summed E-state index contributed by atoms with van der Waals surface area (Å²) < 4.78 is 5.48. The van der Waals surface area contributed by atoms with E-state index in [0.29, 0.717) is 41.8 Å². The fourth-order valence-electron chi connectivity index (χ4n) is 3.46. The summed E-state index contributed by atoms with van der Waals surface area (Å²) in [5, 5.41) is 10.9. The Balaban J connectivity index is 2.59. The molecule has 0 aliphatic carbocycles. The van der Waals surface area contributed by atoms with Gasteiger partial charge < -0.3 is 14.8 Å². The van der Waals surface area contributed by atoms with Crippen molar-refractivity contribution in [3.05, 3.63) is 50.6 Å². The minimum atomic E-state index is -0.211. The molecule has 0 radical (unpaired) electrons. The molecule has 0 spiro atoms. The van der Waals surface area contributed by atoms with Crippen molar-refractivity contribution in [2.24, 2.45) is 5.92 Å². The highest BCUT2D eigenvalue weighted by Gasteiger charge is 2.27. The zero-order chi connectivity index (χ0) is 22.1. The second-order valence-corrected chi connectivity index (χ2v) is 10.3. The second-order valence-electron chi connectivity index (χ2n) is 10.3. The van der Waals surface area contributed by atoms with Crippen molar-refractivity contribution in [3.63, 3.8) is 0 Å². The largest absolute Gasteiger partial charge is 0.507 e. The smallest absolute Gasteiger partial charge is 0.270 e. The van der Waals surface area contributed by atoms with Crippen LogP contribution >= 0.6 is 0 Å². The predicted octanol–water partition coefficient (Wildman–Crippen LogP) is 4.87. The number of phenolic OH excluding ortho intramolecular Hbond substituents is 1. The summed E-state index contributed by atoms with van der Waals surface area (Å²) in [5.74, 6) is 1.13. The van der Waals surface area contributed by atoms with Crippen molar-refractivity contribution in [1.82, 2.24) is 9.97 Å². The van der Waals surface area contributed by atoms with Crippen LogP contribution in [0.3, 0.4) is 0 Å². The molecule has 29 heavy (non-hydrogen) atoms. The van der Waals surface area contributed by atoms with Crippen LogP contribution < -0.4 is 10.3 Å². The van der Waals surface area contributed by atoms with Crippen LogP contribution in [0.2, 0.25) is 0 Å². The zero-order valence-corrected chi connectivity index (χ0v) is 19.4. The summed E-state index contributed by atoms with van der Waals surface area (Å²) in [4.78, 5) is 20.0. The molecule has 160 valence electrons. The van der Waals surface area contributed by atoms with Crippen molar-refractivity contribution >= 4 is 0 Å². The summed E-state index contributed by atoms with van der Waals surface area (Å²) in [6, 6.07) is 4.04. The van der Waals surface area contributed by atoms with Gasteiger partial charge >= 0.3 is 0 Å². The average molecular weight is 401 g/mol.